The molecule has 0 spiro atoms. The summed E-state index contributed by atoms with van der Waals surface area (Å²) in [6.07, 6.45) is 4.81. The average molecular weight is 575 g/mol. The van der Waals surface area contributed by atoms with Gasteiger partial charge in [0.2, 0.25) is 0 Å². The molecule has 206 valence electrons. The van der Waals surface area contributed by atoms with Crippen molar-refractivity contribution in [2.75, 3.05) is 18.4 Å². The molecule has 1 aromatic heterocycles. The number of rotatable bonds is 8. The highest BCUT2D eigenvalue weighted by Gasteiger charge is 2.32. The number of Topliss-reactive ketones (excluding diaryl/α,β-unsaturated/α-hetero) is 1. The van der Waals surface area contributed by atoms with Gasteiger partial charge >= 0.3 is 0 Å². The van der Waals surface area contributed by atoms with Crippen molar-refractivity contribution in [1.29, 1.82) is 0 Å². The maximum Gasteiger partial charge on any atom is 0.169 e. The van der Waals surface area contributed by atoms with Crippen molar-refractivity contribution >= 4 is 51.3 Å². The topological polar surface area (TPSA) is 65.5 Å². The van der Waals surface area contributed by atoms with Gasteiger partial charge in [0, 0.05) is 36.3 Å². The molecule has 1 unspecified atom stereocenters. The fraction of sp³-hybridized carbons (Fsp3) is 0.333. The third-order valence-electron chi connectivity index (χ3n) is 8.31. The second-order valence-electron chi connectivity index (χ2n) is 11.6. The monoisotopic (exact) mass is 573 g/mol. The Kier molecular flexibility index (Phi) is 7.47. The molecule has 3 aromatic carbocycles. The Balaban J connectivity index is 1.33. The average Bonchev–Trinajstić information content (AvgIpc) is 3.70. The number of nitrogens with zero attached hydrogens (tertiary/aromatic N) is 2. The predicted molar refractivity (Wildman–Crippen MR) is 164 cm³/mol. The molecule has 6 rings (SSSR count). The van der Waals surface area contributed by atoms with Crippen molar-refractivity contribution in [2.24, 2.45) is 17.8 Å². The van der Waals surface area contributed by atoms with E-state index in [4.69, 9.17) is 23.2 Å². The normalized spacial score (nSPS) is 17.6. The maximum atomic E-state index is 13.3. The van der Waals surface area contributed by atoms with Gasteiger partial charge in [-0.3, -0.25) is 14.7 Å². The minimum Gasteiger partial charge on any atom is -0.505 e. The minimum atomic E-state index is -0.137. The fourth-order valence-corrected chi connectivity index (χ4v) is 6.12. The molecule has 1 atom stereocenters. The fourth-order valence-electron chi connectivity index (χ4n) is 5.64. The second kappa shape index (κ2) is 11.0. The first-order chi connectivity index (χ1) is 19.3. The summed E-state index contributed by atoms with van der Waals surface area (Å²) in [5.41, 5.74) is 5.97. The number of pyridine rings is 1. The number of aromatic hydroxyl groups is 1. The number of phenols is 1. The van der Waals surface area contributed by atoms with E-state index in [0.29, 0.717) is 5.56 Å². The summed E-state index contributed by atoms with van der Waals surface area (Å²) in [4.78, 5) is 20.5. The van der Waals surface area contributed by atoms with Crippen molar-refractivity contribution in [3.63, 3.8) is 0 Å². The lowest BCUT2D eigenvalue weighted by Gasteiger charge is -2.18. The van der Waals surface area contributed by atoms with E-state index in [9.17, 15) is 9.90 Å². The SMILES string of the molecule is CC(C)C1CCN(Cc2ccc(Nc3c(C(=O)C4CC4)cnc4ccc(-c5cc(Cl)c(O)c(Cl)c5)cc34)cc2)C1. The van der Waals surface area contributed by atoms with Crippen LogP contribution in [0.4, 0.5) is 11.4 Å². The molecule has 0 amide bonds. The number of anilines is 2. The Bertz CT molecular complexity index is 1560. The van der Waals surface area contributed by atoms with Crippen LogP contribution in [0.25, 0.3) is 22.0 Å². The van der Waals surface area contributed by atoms with Crippen LogP contribution in [0.15, 0.2) is 60.8 Å². The highest BCUT2D eigenvalue weighted by Crippen LogP contribution is 2.40. The summed E-state index contributed by atoms with van der Waals surface area (Å²) >= 11 is 12.4. The molecule has 5 nitrogen and oxygen atoms in total. The Labute approximate surface area is 245 Å². The quantitative estimate of drug-likeness (QED) is 0.206. The van der Waals surface area contributed by atoms with E-state index >= 15 is 0 Å². The number of likely N-dealkylation sites (tertiary alicyclic amines) is 1. The van der Waals surface area contributed by atoms with E-state index in [1.807, 2.05) is 18.2 Å². The smallest absolute Gasteiger partial charge is 0.169 e. The van der Waals surface area contributed by atoms with Crippen LogP contribution >= 0.6 is 23.2 Å². The van der Waals surface area contributed by atoms with Crippen molar-refractivity contribution in [3.05, 3.63) is 82.0 Å². The molecule has 1 aliphatic heterocycles. The first kappa shape index (κ1) is 27.1. The predicted octanol–water partition coefficient (Wildman–Crippen LogP) is 8.73. The Hall–Kier alpha value is -3.12. The van der Waals surface area contributed by atoms with E-state index in [1.54, 1.807) is 18.3 Å². The summed E-state index contributed by atoms with van der Waals surface area (Å²) in [5, 5.41) is 14.8. The van der Waals surface area contributed by atoms with Gasteiger partial charge in [-0.1, -0.05) is 55.2 Å². The molecule has 2 aliphatic rings. The Morgan fingerprint density at radius 3 is 2.40 bits per heavy atom. The van der Waals surface area contributed by atoms with Gasteiger partial charge in [0.05, 0.1) is 26.8 Å². The van der Waals surface area contributed by atoms with E-state index in [-0.39, 0.29) is 27.5 Å². The third-order valence-corrected chi connectivity index (χ3v) is 8.89. The molecule has 1 aliphatic carbocycles. The van der Waals surface area contributed by atoms with E-state index in [2.05, 4.69) is 53.3 Å². The molecule has 7 heteroatoms. The Morgan fingerprint density at radius 1 is 1.02 bits per heavy atom. The summed E-state index contributed by atoms with van der Waals surface area (Å²) in [7, 11) is 0. The summed E-state index contributed by atoms with van der Waals surface area (Å²) in [6.45, 7) is 7.90. The zero-order chi connectivity index (χ0) is 28.0. The summed E-state index contributed by atoms with van der Waals surface area (Å²) < 4.78 is 0. The molecule has 0 bridgehead atoms. The molecule has 1 saturated carbocycles. The van der Waals surface area contributed by atoms with Crippen LogP contribution in [0.3, 0.4) is 0 Å². The zero-order valence-electron chi connectivity index (χ0n) is 22.8. The van der Waals surface area contributed by atoms with Crippen LogP contribution in [0.5, 0.6) is 5.75 Å². The van der Waals surface area contributed by atoms with Gasteiger partial charge in [-0.05, 0) is 90.7 Å². The summed E-state index contributed by atoms with van der Waals surface area (Å²) in [5.74, 6) is 1.56. The van der Waals surface area contributed by atoms with Gasteiger partial charge in [0.1, 0.15) is 0 Å². The standard InChI is InChI=1S/C33H33Cl2N3O2/c1-19(2)23-11-12-38(18-23)17-20-3-8-25(9-4-20)37-31-26-13-22(24-14-28(34)33(40)29(35)15-24)7-10-30(26)36-16-27(31)32(39)21-5-6-21/h3-4,7-10,13-16,19,21,23,40H,5-6,11-12,17-18H2,1-2H3,(H,36,37). The molecule has 2 fully saturated rings. The van der Waals surface area contributed by atoms with E-state index in [1.165, 1.54) is 12.0 Å². The van der Waals surface area contributed by atoms with Crippen LogP contribution < -0.4 is 5.32 Å². The largest absolute Gasteiger partial charge is 0.505 e. The van der Waals surface area contributed by atoms with Gasteiger partial charge in [-0.15, -0.1) is 0 Å². The Morgan fingerprint density at radius 2 is 1.75 bits per heavy atom. The van der Waals surface area contributed by atoms with E-state index in [0.717, 1.165) is 77.7 Å². The number of carbonyl (C=O) groups is 1. The van der Waals surface area contributed by atoms with Crippen molar-refractivity contribution in [2.45, 2.75) is 39.7 Å². The second-order valence-corrected chi connectivity index (χ2v) is 12.4. The first-order valence-electron chi connectivity index (χ1n) is 14.0. The van der Waals surface area contributed by atoms with Crippen molar-refractivity contribution in [3.8, 4) is 16.9 Å². The number of carbonyl (C=O) groups excluding carboxylic acids is 1. The molecule has 4 aromatic rings. The highest BCUT2D eigenvalue weighted by molar-refractivity contribution is 6.37. The van der Waals surface area contributed by atoms with Crippen LogP contribution in [0, 0.1) is 17.8 Å². The number of benzene rings is 3. The van der Waals surface area contributed by atoms with Crippen LogP contribution in [0.2, 0.25) is 10.0 Å². The van der Waals surface area contributed by atoms with Crippen molar-refractivity contribution < 1.29 is 9.90 Å². The zero-order valence-corrected chi connectivity index (χ0v) is 24.3. The van der Waals surface area contributed by atoms with E-state index < -0.39 is 0 Å². The van der Waals surface area contributed by atoms with Gasteiger partial charge in [0.15, 0.2) is 11.5 Å². The lowest BCUT2D eigenvalue weighted by molar-refractivity contribution is 0.0968. The lowest BCUT2D eigenvalue weighted by Crippen LogP contribution is -2.21. The number of ketones is 1. The van der Waals surface area contributed by atoms with Crippen LogP contribution in [0.1, 0.15) is 49.0 Å². The molecule has 40 heavy (non-hydrogen) atoms. The van der Waals surface area contributed by atoms with Gasteiger partial charge in [-0.25, -0.2) is 0 Å². The third kappa shape index (κ3) is 5.56. The maximum absolute atomic E-state index is 13.3. The van der Waals surface area contributed by atoms with Crippen LogP contribution in [-0.4, -0.2) is 33.9 Å². The molecular formula is C33H33Cl2N3O2. The summed E-state index contributed by atoms with van der Waals surface area (Å²) in [6, 6.07) is 17.8. The van der Waals surface area contributed by atoms with Crippen molar-refractivity contribution in [1.82, 2.24) is 9.88 Å². The van der Waals surface area contributed by atoms with Crippen LogP contribution in [-0.2, 0) is 6.54 Å². The first-order valence-corrected chi connectivity index (χ1v) is 14.8. The molecule has 0 radical (unpaired) electrons. The minimum absolute atomic E-state index is 0.0650. The number of hydrogen-bond donors (Lipinski definition) is 2. The van der Waals surface area contributed by atoms with Gasteiger partial charge in [-0.2, -0.15) is 0 Å². The van der Waals surface area contributed by atoms with Gasteiger partial charge < -0.3 is 10.4 Å². The number of halogens is 2. The molecule has 2 N–H and O–H groups in total. The lowest BCUT2D eigenvalue weighted by atomic mass is 9.95. The molecule has 1 saturated heterocycles. The number of phenolic OH excluding ortho intramolecular Hbond substituents is 1. The molecule has 2 heterocycles. The highest BCUT2D eigenvalue weighted by atomic mass is 35.5. The van der Waals surface area contributed by atoms with Gasteiger partial charge in [0.25, 0.3) is 0 Å². The number of fused-ring (bicyclic) bond motifs is 1. The number of hydrogen-bond acceptors (Lipinski definition) is 5. The number of aromatic nitrogens is 1. The number of nitrogens with one attached hydrogen (secondary N) is 1. The molecular weight excluding hydrogens is 541 g/mol.